The molecule has 2 amide bonds. The van der Waals surface area contributed by atoms with Crippen molar-refractivity contribution in [2.45, 2.75) is 58.0 Å². The van der Waals surface area contributed by atoms with Crippen LogP contribution in [0, 0.1) is 0 Å². The van der Waals surface area contributed by atoms with Crippen molar-refractivity contribution in [2.24, 2.45) is 0 Å². The lowest BCUT2D eigenvalue weighted by Gasteiger charge is -2.36. The van der Waals surface area contributed by atoms with Crippen molar-refractivity contribution in [1.82, 2.24) is 10.8 Å². The predicted octanol–water partition coefficient (Wildman–Crippen LogP) is 5.08. The van der Waals surface area contributed by atoms with E-state index in [4.69, 9.17) is 14.0 Å². The third-order valence-corrected chi connectivity index (χ3v) is 11.7. The van der Waals surface area contributed by atoms with Crippen LogP contribution in [0.5, 0.6) is 0 Å². The summed E-state index contributed by atoms with van der Waals surface area (Å²) in [6.45, 7) is 13.9. The van der Waals surface area contributed by atoms with Crippen LogP contribution in [0.2, 0.25) is 18.1 Å². The second kappa shape index (κ2) is 10.7. The van der Waals surface area contributed by atoms with Crippen LogP contribution in [0.25, 0.3) is 16.8 Å². The minimum Gasteiger partial charge on any atom is -0.442 e. The van der Waals surface area contributed by atoms with Crippen molar-refractivity contribution in [2.75, 3.05) is 24.6 Å². The summed E-state index contributed by atoms with van der Waals surface area (Å²) < 4.78 is 11.7. The fraction of sp³-hybridized carbons (Fsp3) is 0.429. The van der Waals surface area contributed by atoms with E-state index in [0.717, 1.165) is 28.1 Å². The molecule has 0 radical (unpaired) electrons. The first-order valence-electron chi connectivity index (χ1n) is 12.6. The van der Waals surface area contributed by atoms with E-state index in [1.165, 1.54) is 6.92 Å². The normalized spacial score (nSPS) is 19.9. The van der Waals surface area contributed by atoms with Crippen molar-refractivity contribution in [1.29, 1.82) is 0 Å². The van der Waals surface area contributed by atoms with Gasteiger partial charge < -0.3 is 14.5 Å². The lowest BCUT2D eigenvalue weighted by Crippen LogP contribution is -2.42. The zero-order valence-electron chi connectivity index (χ0n) is 22.5. The van der Waals surface area contributed by atoms with Gasteiger partial charge in [-0.1, -0.05) is 57.2 Å². The zero-order valence-corrected chi connectivity index (χ0v) is 23.5. The first-order chi connectivity index (χ1) is 17.4. The second-order valence-corrected chi connectivity index (χ2v) is 15.9. The molecule has 1 fully saturated rings. The summed E-state index contributed by atoms with van der Waals surface area (Å²) in [5, 5.41) is 2.85. The standard InChI is InChI=1S/C28H37N3O5Si/c1-19(32)29-16-25-17-31(27(33)35-25)23-13-11-21(12-14-23)20-7-9-22(10-8-20)26-15-24(36-30-26)18-34-37(5,6)28(2,3)4/h7-15,24-25,30H,16-18H2,1-6H3,(H,29,32)/t24-,25-/m0/s1. The molecule has 2 aliphatic heterocycles. The highest BCUT2D eigenvalue weighted by Crippen LogP contribution is 2.37. The number of rotatable bonds is 8. The molecule has 2 aliphatic rings. The number of amides is 2. The number of carbonyl (C=O) groups excluding carboxylic acids is 2. The van der Waals surface area contributed by atoms with Gasteiger partial charge >= 0.3 is 6.09 Å². The highest BCUT2D eigenvalue weighted by molar-refractivity contribution is 6.74. The predicted molar refractivity (Wildman–Crippen MR) is 147 cm³/mol. The molecular weight excluding hydrogens is 486 g/mol. The number of benzene rings is 2. The van der Waals surface area contributed by atoms with Crippen LogP contribution in [0.3, 0.4) is 0 Å². The lowest BCUT2D eigenvalue weighted by atomic mass is 10.0. The number of carbonyl (C=O) groups is 2. The van der Waals surface area contributed by atoms with Crippen molar-refractivity contribution < 1.29 is 23.6 Å². The first kappa shape index (κ1) is 26.9. The summed E-state index contributed by atoms with van der Waals surface area (Å²) in [6, 6.07) is 16.1. The third kappa shape index (κ3) is 6.41. The van der Waals surface area contributed by atoms with Crippen molar-refractivity contribution in [3.8, 4) is 11.1 Å². The Kier molecular flexibility index (Phi) is 7.77. The van der Waals surface area contributed by atoms with Gasteiger partial charge in [0.2, 0.25) is 5.91 Å². The van der Waals surface area contributed by atoms with Gasteiger partial charge in [-0.3, -0.25) is 20.0 Å². The third-order valence-electron chi connectivity index (χ3n) is 7.25. The molecule has 2 aromatic rings. The fourth-order valence-electron chi connectivity index (χ4n) is 3.91. The van der Waals surface area contributed by atoms with Crippen LogP contribution in [0.15, 0.2) is 54.6 Å². The van der Waals surface area contributed by atoms with Crippen molar-refractivity contribution >= 4 is 31.7 Å². The molecule has 9 heteroatoms. The van der Waals surface area contributed by atoms with Crippen LogP contribution >= 0.6 is 0 Å². The second-order valence-electron chi connectivity index (χ2n) is 11.1. The summed E-state index contributed by atoms with van der Waals surface area (Å²) in [5.41, 5.74) is 7.90. The van der Waals surface area contributed by atoms with Gasteiger partial charge in [-0.05, 0) is 53.0 Å². The summed E-state index contributed by atoms with van der Waals surface area (Å²) in [5.74, 6) is -0.145. The zero-order chi connectivity index (χ0) is 26.8. The summed E-state index contributed by atoms with van der Waals surface area (Å²) in [4.78, 5) is 30.7. The molecule has 37 heavy (non-hydrogen) atoms. The van der Waals surface area contributed by atoms with Gasteiger partial charge in [0.05, 0.1) is 25.4 Å². The van der Waals surface area contributed by atoms with E-state index in [2.05, 4.69) is 75.0 Å². The van der Waals surface area contributed by atoms with Crippen LogP contribution in [-0.2, 0) is 18.8 Å². The molecule has 2 N–H and O–H groups in total. The number of hydroxylamine groups is 1. The van der Waals surface area contributed by atoms with E-state index < -0.39 is 14.4 Å². The molecule has 8 nitrogen and oxygen atoms in total. The largest absolute Gasteiger partial charge is 0.442 e. The van der Waals surface area contributed by atoms with Crippen molar-refractivity contribution in [3.63, 3.8) is 0 Å². The molecule has 0 aliphatic carbocycles. The van der Waals surface area contributed by atoms with Crippen LogP contribution < -0.4 is 15.7 Å². The molecule has 0 spiro atoms. The average Bonchev–Trinajstić information content (AvgIpc) is 3.48. The van der Waals surface area contributed by atoms with Gasteiger partial charge in [0.25, 0.3) is 0 Å². The van der Waals surface area contributed by atoms with Crippen LogP contribution in [0.4, 0.5) is 10.5 Å². The molecule has 2 heterocycles. The Balaban J connectivity index is 1.36. The summed E-state index contributed by atoms with van der Waals surface area (Å²) >= 11 is 0. The SMILES string of the molecule is CC(=O)NC[C@H]1CN(c2ccc(-c3ccc(C4=C[C@@H](CO[Si](C)(C)C(C)(C)C)ON4)cc3)cc2)C(=O)O1. The Bertz CT molecular complexity index is 1160. The Labute approximate surface area is 220 Å². The summed E-state index contributed by atoms with van der Waals surface area (Å²) in [6.07, 6.45) is 1.20. The Morgan fingerprint density at radius 2 is 1.68 bits per heavy atom. The Morgan fingerprint density at radius 1 is 1.08 bits per heavy atom. The van der Waals surface area contributed by atoms with E-state index in [0.29, 0.717) is 19.7 Å². The topological polar surface area (TPSA) is 89.1 Å². The Hall–Kier alpha value is -3.14. The molecular formula is C28H37N3O5Si. The number of nitrogens with zero attached hydrogens (tertiary/aromatic N) is 1. The fourth-order valence-corrected chi connectivity index (χ4v) is 4.92. The highest BCUT2D eigenvalue weighted by atomic mass is 28.4. The average molecular weight is 524 g/mol. The van der Waals surface area contributed by atoms with Gasteiger partial charge in [0, 0.05) is 12.6 Å². The molecule has 2 atom stereocenters. The molecule has 0 saturated carbocycles. The van der Waals surface area contributed by atoms with Gasteiger partial charge in [-0.15, -0.1) is 0 Å². The van der Waals surface area contributed by atoms with Crippen LogP contribution in [-0.4, -0.2) is 52.2 Å². The number of cyclic esters (lactones) is 1. The highest BCUT2D eigenvalue weighted by Gasteiger charge is 2.38. The van der Waals surface area contributed by atoms with E-state index >= 15 is 0 Å². The number of anilines is 1. The van der Waals surface area contributed by atoms with Crippen molar-refractivity contribution in [3.05, 3.63) is 60.2 Å². The molecule has 1 saturated heterocycles. The van der Waals surface area contributed by atoms with E-state index in [9.17, 15) is 9.59 Å². The van der Waals surface area contributed by atoms with Gasteiger partial charge in [-0.2, -0.15) is 0 Å². The van der Waals surface area contributed by atoms with E-state index in [1.54, 1.807) is 4.90 Å². The van der Waals surface area contributed by atoms with Crippen LogP contribution in [0.1, 0.15) is 33.3 Å². The van der Waals surface area contributed by atoms with Gasteiger partial charge in [0.1, 0.15) is 12.2 Å². The molecule has 0 bridgehead atoms. The number of nitrogens with one attached hydrogen (secondary N) is 2. The molecule has 0 aromatic heterocycles. The van der Waals surface area contributed by atoms with Gasteiger partial charge in [-0.25, -0.2) is 4.79 Å². The molecule has 0 unspecified atom stereocenters. The lowest BCUT2D eigenvalue weighted by molar-refractivity contribution is -0.119. The molecule has 4 rings (SSSR count). The number of ether oxygens (including phenoxy) is 1. The number of hydrogen-bond donors (Lipinski definition) is 2. The minimum absolute atomic E-state index is 0.119. The van der Waals surface area contributed by atoms with E-state index in [1.807, 2.05) is 24.3 Å². The number of hydrogen-bond acceptors (Lipinski definition) is 6. The van der Waals surface area contributed by atoms with Gasteiger partial charge in [0.15, 0.2) is 8.32 Å². The maximum absolute atomic E-state index is 12.3. The maximum Gasteiger partial charge on any atom is 0.414 e. The minimum atomic E-state index is -1.83. The quantitative estimate of drug-likeness (QED) is 0.469. The molecule has 2 aromatic carbocycles. The monoisotopic (exact) mass is 523 g/mol. The molecule has 198 valence electrons. The van der Waals surface area contributed by atoms with E-state index in [-0.39, 0.29) is 23.2 Å². The maximum atomic E-state index is 12.3. The smallest absolute Gasteiger partial charge is 0.414 e. The summed E-state index contributed by atoms with van der Waals surface area (Å²) in [7, 11) is -1.83. The Morgan fingerprint density at radius 3 is 2.27 bits per heavy atom. The first-order valence-corrected chi connectivity index (χ1v) is 15.5.